The maximum atomic E-state index is 2.86. The molecule has 0 spiro atoms. The molecule has 0 radical (unpaired) electrons. The van der Waals surface area contributed by atoms with Gasteiger partial charge in [-0.3, -0.25) is 0 Å². The molecule has 0 aliphatic carbocycles. The van der Waals surface area contributed by atoms with E-state index in [1.165, 1.54) is 0 Å². The first-order chi connectivity index (χ1) is 3.06. The van der Waals surface area contributed by atoms with Gasteiger partial charge in [0.15, 0.2) is 0 Å². The molecule has 0 saturated carbocycles. The first-order valence-electron chi connectivity index (χ1n) is 2.28. The summed E-state index contributed by atoms with van der Waals surface area (Å²) in [6.45, 7) is 6.41. The average Bonchev–Trinajstić information content (AvgIpc) is 1.30. The van der Waals surface area contributed by atoms with Crippen LogP contribution in [-0.4, -0.2) is 20.2 Å². The molecule has 0 unspecified atom stereocenters. The van der Waals surface area contributed by atoms with Gasteiger partial charge in [-0.05, 0) is 0 Å². The topological polar surface area (TPSA) is 0 Å². The van der Waals surface area contributed by atoms with E-state index in [0.717, 1.165) is 0 Å². The normalized spacial score (nSPS) is 10.1. The third-order valence-electron chi connectivity index (χ3n) is 0.492. The molecule has 1 heteroatoms. The molecule has 0 saturated heterocycles. The summed E-state index contributed by atoms with van der Waals surface area (Å²) in [7, 11) is 0. The monoisotopic (exact) mass is 162 g/mol. The summed E-state index contributed by atoms with van der Waals surface area (Å²) >= 11 is 2.69. The molecule has 0 aromatic carbocycles. The number of hydrogen-bond donors (Lipinski definition) is 0. The molecule has 0 amide bonds. The van der Waals surface area contributed by atoms with Crippen LogP contribution in [0.3, 0.4) is 0 Å². The second-order valence-electron chi connectivity index (χ2n) is 2.63. The quantitative estimate of drug-likeness (QED) is 0.467. The predicted molar refractivity (Wildman–Crippen MR) is 34.8 cm³/mol. The second-order valence-corrected chi connectivity index (χ2v) is 3.12. The molecule has 0 aliphatic heterocycles. The van der Waals surface area contributed by atoms with Gasteiger partial charge in [0.1, 0.15) is 0 Å². The van der Waals surface area contributed by atoms with E-state index in [9.17, 15) is 0 Å². The van der Waals surface area contributed by atoms with Crippen LogP contribution in [0.4, 0.5) is 0 Å². The minimum atomic E-state index is 0.283. The molecule has 0 fully saturated rings. The Labute approximate surface area is 53.0 Å². The molecule has 0 atom stereocenters. The molecule has 0 bridgehead atoms. The van der Waals surface area contributed by atoms with Crippen LogP contribution < -0.4 is 0 Å². The Morgan fingerprint density at radius 2 is 1.86 bits per heavy atom. The van der Waals surface area contributed by atoms with Crippen LogP contribution in [0, 0.1) is 5.41 Å². The standard InChI is InChI=1S/C6H10Se/c1-6(2,3)4-5-7/h4H,1-3H3. The van der Waals surface area contributed by atoms with Crippen molar-refractivity contribution < 1.29 is 0 Å². The van der Waals surface area contributed by atoms with Crippen molar-refractivity contribution in [3.8, 4) is 0 Å². The van der Waals surface area contributed by atoms with Crippen molar-refractivity contribution in [2.75, 3.05) is 0 Å². The number of allylic oxidation sites excluding steroid dienone is 1. The van der Waals surface area contributed by atoms with E-state index in [-0.39, 0.29) is 5.41 Å². The maximum absolute atomic E-state index is 2.86. The van der Waals surface area contributed by atoms with E-state index in [0.29, 0.717) is 0 Å². The van der Waals surface area contributed by atoms with Crippen LogP contribution in [0.15, 0.2) is 6.08 Å². The van der Waals surface area contributed by atoms with Crippen molar-refractivity contribution in [3.63, 3.8) is 0 Å². The van der Waals surface area contributed by atoms with Crippen LogP contribution >= 0.6 is 0 Å². The zero-order valence-electron chi connectivity index (χ0n) is 4.99. The molecular formula is C6H10Se. The summed E-state index contributed by atoms with van der Waals surface area (Å²) in [4.78, 5) is 0. The first kappa shape index (κ1) is 7.17. The molecule has 0 nitrogen and oxygen atoms in total. The molecule has 0 aromatic heterocycles. The SMILES string of the molecule is CC(C)(C)C=C=[Se]. The Hall–Kier alpha value is 0.169. The number of hydrogen-bond acceptors (Lipinski definition) is 0. The van der Waals surface area contributed by atoms with E-state index in [1.807, 2.05) is 6.08 Å². The van der Waals surface area contributed by atoms with Crippen molar-refractivity contribution in [2.24, 2.45) is 5.41 Å². The Morgan fingerprint density at radius 1 is 1.43 bits per heavy atom. The van der Waals surface area contributed by atoms with Crippen LogP contribution in [0.2, 0.25) is 0 Å². The van der Waals surface area contributed by atoms with E-state index < -0.39 is 0 Å². The van der Waals surface area contributed by atoms with Crippen molar-refractivity contribution in [1.82, 2.24) is 0 Å². The summed E-state index contributed by atoms with van der Waals surface area (Å²) in [5.74, 6) is 0. The summed E-state index contributed by atoms with van der Waals surface area (Å²) < 4.78 is 2.86. The van der Waals surface area contributed by atoms with Crippen molar-refractivity contribution in [2.45, 2.75) is 20.8 Å². The molecule has 40 valence electrons. The van der Waals surface area contributed by atoms with Gasteiger partial charge < -0.3 is 0 Å². The van der Waals surface area contributed by atoms with Crippen molar-refractivity contribution in [3.05, 3.63) is 6.08 Å². The second kappa shape index (κ2) is 2.47. The molecule has 7 heavy (non-hydrogen) atoms. The zero-order chi connectivity index (χ0) is 5.91. The Kier molecular flexibility index (Phi) is 2.53. The van der Waals surface area contributed by atoms with E-state index in [1.54, 1.807) is 0 Å². The Bertz CT molecular complexity index is 91.2. The molecule has 0 heterocycles. The fraction of sp³-hybridized carbons (Fsp3) is 0.667. The molecule has 0 rings (SSSR count). The van der Waals surface area contributed by atoms with Gasteiger partial charge in [-0.1, -0.05) is 0 Å². The summed E-state index contributed by atoms with van der Waals surface area (Å²) in [5.41, 5.74) is 0.283. The van der Waals surface area contributed by atoms with Gasteiger partial charge in [-0.25, -0.2) is 0 Å². The third-order valence-corrected chi connectivity index (χ3v) is 0.739. The van der Waals surface area contributed by atoms with Gasteiger partial charge in [-0.2, -0.15) is 0 Å². The van der Waals surface area contributed by atoms with Gasteiger partial charge in [0.05, 0.1) is 0 Å². The molecule has 0 N–H and O–H groups in total. The molecular weight excluding hydrogens is 151 g/mol. The van der Waals surface area contributed by atoms with Crippen LogP contribution in [-0.2, 0) is 0 Å². The minimum absolute atomic E-state index is 0.283. The van der Waals surface area contributed by atoms with Gasteiger partial charge in [0.2, 0.25) is 0 Å². The van der Waals surface area contributed by atoms with Gasteiger partial charge in [0.25, 0.3) is 0 Å². The zero-order valence-corrected chi connectivity index (χ0v) is 6.70. The fourth-order valence-electron chi connectivity index (χ4n) is 0.177. The first-order valence-corrected chi connectivity index (χ1v) is 3.14. The van der Waals surface area contributed by atoms with E-state index in [4.69, 9.17) is 0 Å². The van der Waals surface area contributed by atoms with Crippen LogP contribution in [0.5, 0.6) is 0 Å². The van der Waals surface area contributed by atoms with Crippen molar-refractivity contribution in [1.29, 1.82) is 0 Å². The van der Waals surface area contributed by atoms with Gasteiger partial charge in [-0.15, -0.1) is 0 Å². The number of rotatable bonds is 0. The Morgan fingerprint density at radius 3 is 1.86 bits per heavy atom. The van der Waals surface area contributed by atoms with Gasteiger partial charge in [0, 0.05) is 0 Å². The predicted octanol–water partition coefficient (Wildman–Crippen LogP) is 1.16. The average molecular weight is 161 g/mol. The van der Waals surface area contributed by atoms with Crippen LogP contribution in [0.25, 0.3) is 0 Å². The summed E-state index contributed by atoms with van der Waals surface area (Å²) in [6, 6.07) is 0. The molecule has 0 aromatic rings. The van der Waals surface area contributed by atoms with Gasteiger partial charge >= 0.3 is 52.4 Å². The Balaban J connectivity index is 3.80. The molecule has 0 aliphatic rings. The van der Waals surface area contributed by atoms with Crippen LogP contribution in [0.1, 0.15) is 20.8 Å². The van der Waals surface area contributed by atoms with Crippen molar-refractivity contribution >= 4 is 20.2 Å². The van der Waals surface area contributed by atoms with E-state index >= 15 is 0 Å². The third kappa shape index (κ3) is 6.17. The fourth-order valence-corrected chi connectivity index (χ4v) is 0.919. The van der Waals surface area contributed by atoms with E-state index in [2.05, 4.69) is 40.9 Å². The summed E-state index contributed by atoms with van der Waals surface area (Å²) in [5, 5.41) is 0. The summed E-state index contributed by atoms with van der Waals surface area (Å²) in [6.07, 6.45) is 2.01.